The van der Waals surface area contributed by atoms with E-state index >= 15 is 0 Å². The Balaban J connectivity index is 1.72. The molecule has 0 bridgehead atoms. The van der Waals surface area contributed by atoms with Gasteiger partial charge in [0.15, 0.2) is 0 Å². The third-order valence-electron chi connectivity index (χ3n) is 4.53. The van der Waals surface area contributed by atoms with E-state index in [1.807, 2.05) is 24.3 Å². The lowest BCUT2D eigenvalue weighted by atomic mass is 9.96. The van der Waals surface area contributed by atoms with Gasteiger partial charge in [0.05, 0.1) is 12.6 Å². The number of carbonyl (C=O) groups excluding carboxylic acids is 1. The van der Waals surface area contributed by atoms with Crippen molar-refractivity contribution < 1.29 is 9.53 Å². The second-order valence-electron chi connectivity index (χ2n) is 6.14. The summed E-state index contributed by atoms with van der Waals surface area (Å²) in [4.78, 5) is 13.9. The molecule has 1 N–H and O–H groups in total. The zero-order valence-corrected chi connectivity index (χ0v) is 14.3. The Labute approximate surface area is 141 Å². The second kappa shape index (κ2) is 7.75. The summed E-state index contributed by atoms with van der Waals surface area (Å²) in [5.41, 5.74) is 1.79. The van der Waals surface area contributed by atoms with Gasteiger partial charge in [-0.05, 0) is 47.9 Å². The number of benzene rings is 1. The molecule has 1 aromatic carbocycles. The van der Waals surface area contributed by atoms with Gasteiger partial charge in [0.1, 0.15) is 0 Å². The molecule has 1 amide bonds. The molecule has 4 heteroatoms. The number of hydrogen-bond acceptors (Lipinski definition) is 3. The van der Waals surface area contributed by atoms with Crippen LogP contribution in [0.2, 0.25) is 0 Å². The van der Waals surface area contributed by atoms with Crippen molar-refractivity contribution in [2.45, 2.75) is 38.3 Å². The molecule has 3 rings (SSSR count). The third kappa shape index (κ3) is 4.01. The summed E-state index contributed by atoms with van der Waals surface area (Å²) in [5, 5.41) is 5.36. The fraction of sp³-hybridized carbons (Fsp3) is 0.421. The maximum absolute atomic E-state index is 12.6. The van der Waals surface area contributed by atoms with Gasteiger partial charge in [0.2, 0.25) is 0 Å². The first-order valence-electron chi connectivity index (χ1n) is 8.20. The van der Waals surface area contributed by atoms with Crippen LogP contribution in [-0.4, -0.2) is 13.0 Å². The molecule has 1 heterocycles. The average molecular weight is 329 g/mol. The van der Waals surface area contributed by atoms with Crippen LogP contribution in [0.4, 0.5) is 0 Å². The van der Waals surface area contributed by atoms with Crippen LogP contribution >= 0.6 is 11.3 Å². The van der Waals surface area contributed by atoms with Gasteiger partial charge in [-0.3, -0.25) is 4.79 Å². The van der Waals surface area contributed by atoms with Crippen molar-refractivity contribution in [1.82, 2.24) is 5.32 Å². The quantitative estimate of drug-likeness (QED) is 0.844. The van der Waals surface area contributed by atoms with Crippen molar-refractivity contribution in [3.05, 3.63) is 57.8 Å². The van der Waals surface area contributed by atoms with E-state index in [2.05, 4.69) is 22.8 Å². The molecule has 122 valence electrons. The van der Waals surface area contributed by atoms with E-state index in [0.29, 0.717) is 18.1 Å². The fourth-order valence-corrected chi connectivity index (χ4v) is 4.19. The Kier molecular flexibility index (Phi) is 5.47. The summed E-state index contributed by atoms with van der Waals surface area (Å²) >= 11 is 1.73. The van der Waals surface area contributed by atoms with Crippen molar-refractivity contribution >= 4 is 17.2 Å². The molecule has 1 saturated carbocycles. The third-order valence-corrected chi connectivity index (χ3v) is 5.49. The molecule has 23 heavy (non-hydrogen) atoms. The highest BCUT2D eigenvalue weighted by atomic mass is 32.1. The number of ether oxygens (including phenoxy) is 1. The van der Waals surface area contributed by atoms with Gasteiger partial charge in [0, 0.05) is 17.6 Å². The van der Waals surface area contributed by atoms with Gasteiger partial charge in [-0.1, -0.05) is 31.0 Å². The zero-order chi connectivity index (χ0) is 16.1. The number of carbonyl (C=O) groups is 1. The summed E-state index contributed by atoms with van der Waals surface area (Å²) in [6.45, 7) is 0.571. The molecule has 0 radical (unpaired) electrons. The minimum Gasteiger partial charge on any atom is -0.380 e. The van der Waals surface area contributed by atoms with Gasteiger partial charge >= 0.3 is 0 Å². The van der Waals surface area contributed by atoms with Crippen LogP contribution in [0, 0.1) is 5.92 Å². The highest BCUT2D eigenvalue weighted by molar-refractivity contribution is 7.10. The van der Waals surface area contributed by atoms with E-state index in [1.54, 1.807) is 18.4 Å². The first-order chi connectivity index (χ1) is 11.3. The van der Waals surface area contributed by atoms with Gasteiger partial charge < -0.3 is 10.1 Å². The minimum absolute atomic E-state index is 0.0132. The monoisotopic (exact) mass is 329 g/mol. The van der Waals surface area contributed by atoms with E-state index < -0.39 is 0 Å². The number of methoxy groups -OCH3 is 1. The van der Waals surface area contributed by atoms with Crippen LogP contribution in [0.25, 0.3) is 0 Å². The maximum Gasteiger partial charge on any atom is 0.251 e. The molecule has 0 saturated heterocycles. The first-order valence-corrected chi connectivity index (χ1v) is 9.08. The molecule has 3 nitrogen and oxygen atoms in total. The highest BCUT2D eigenvalue weighted by Gasteiger charge is 2.28. The molecule has 1 aliphatic rings. The summed E-state index contributed by atoms with van der Waals surface area (Å²) in [6.07, 6.45) is 4.95. The topological polar surface area (TPSA) is 38.3 Å². The van der Waals surface area contributed by atoms with Crippen LogP contribution in [-0.2, 0) is 11.3 Å². The maximum atomic E-state index is 12.6. The predicted octanol–water partition coefficient (Wildman–Crippen LogP) is 4.56. The van der Waals surface area contributed by atoms with Gasteiger partial charge in [-0.15, -0.1) is 11.3 Å². The Morgan fingerprint density at radius 2 is 2.00 bits per heavy atom. The lowest BCUT2D eigenvalue weighted by molar-refractivity contribution is 0.0922. The molecule has 1 aliphatic carbocycles. The van der Waals surface area contributed by atoms with E-state index in [4.69, 9.17) is 4.74 Å². The van der Waals surface area contributed by atoms with Crippen LogP contribution in [0.5, 0.6) is 0 Å². The normalized spacial score (nSPS) is 16.4. The molecule has 1 fully saturated rings. The highest BCUT2D eigenvalue weighted by Crippen LogP contribution is 2.37. The van der Waals surface area contributed by atoms with Crippen molar-refractivity contribution in [1.29, 1.82) is 0 Å². The molecule has 1 aromatic heterocycles. The van der Waals surface area contributed by atoms with Gasteiger partial charge in [-0.25, -0.2) is 0 Å². The minimum atomic E-state index is 0.0132. The smallest absolute Gasteiger partial charge is 0.251 e. The van der Waals surface area contributed by atoms with Crippen LogP contribution in [0.1, 0.15) is 52.5 Å². The summed E-state index contributed by atoms with van der Waals surface area (Å²) in [6, 6.07) is 12.0. The fourth-order valence-electron chi connectivity index (χ4n) is 3.32. The van der Waals surface area contributed by atoms with E-state index in [-0.39, 0.29) is 11.9 Å². The van der Waals surface area contributed by atoms with Crippen molar-refractivity contribution in [3.8, 4) is 0 Å². The summed E-state index contributed by atoms with van der Waals surface area (Å²) in [7, 11) is 1.67. The molecular weight excluding hydrogens is 306 g/mol. The molecule has 2 aromatic rings. The zero-order valence-electron chi connectivity index (χ0n) is 13.5. The van der Waals surface area contributed by atoms with E-state index in [1.165, 1.54) is 30.6 Å². The number of nitrogens with one attached hydrogen (secondary N) is 1. The van der Waals surface area contributed by atoms with E-state index in [0.717, 1.165) is 5.56 Å². The van der Waals surface area contributed by atoms with Gasteiger partial charge in [-0.2, -0.15) is 0 Å². The lowest BCUT2D eigenvalue weighted by Gasteiger charge is -2.24. The predicted molar refractivity (Wildman–Crippen MR) is 93.6 cm³/mol. The largest absolute Gasteiger partial charge is 0.380 e. The molecular formula is C19H23NO2S. The molecule has 1 atom stereocenters. The van der Waals surface area contributed by atoms with Crippen molar-refractivity contribution in [3.63, 3.8) is 0 Å². The molecule has 0 spiro atoms. The Morgan fingerprint density at radius 3 is 2.61 bits per heavy atom. The van der Waals surface area contributed by atoms with Crippen LogP contribution < -0.4 is 5.32 Å². The SMILES string of the molecule is COCc1ccc(C(=O)N[C@@H](c2cccs2)C2CCCC2)cc1. The molecule has 0 unspecified atom stereocenters. The summed E-state index contributed by atoms with van der Waals surface area (Å²) < 4.78 is 5.11. The Morgan fingerprint density at radius 1 is 1.26 bits per heavy atom. The number of amides is 1. The van der Waals surface area contributed by atoms with E-state index in [9.17, 15) is 4.79 Å². The summed E-state index contributed by atoms with van der Waals surface area (Å²) in [5.74, 6) is 0.574. The Hall–Kier alpha value is -1.65. The Bertz CT molecular complexity index is 615. The standard InChI is InChI=1S/C19H23NO2S/c1-22-13-14-8-10-16(11-9-14)19(21)20-18(15-5-2-3-6-15)17-7-4-12-23-17/h4,7-12,15,18H,2-3,5-6,13H2,1H3,(H,20,21)/t18-/m1/s1. The van der Waals surface area contributed by atoms with Gasteiger partial charge in [0.25, 0.3) is 5.91 Å². The molecule has 0 aliphatic heterocycles. The van der Waals surface area contributed by atoms with Crippen LogP contribution in [0.3, 0.4) is 0 Å². The lowest BCUT2D eigenvalue weighted by Crippen LogP contribution is -2.32. The number of thiophene rings is 1. The first kappa shape index (κ1) is 16.2. The van der Waals surface area contributed by atoms with Crippen LogP contribution in [0.15, 0.2) is 41.8 Å². The second-order valence-corrected chi connectivity index (χ2v) is 7.12. The number of hydrogen-bond donors (Lipinski definition) is 1. The average Bonchev–Trinajstić information content (AvgIpc) is 3.27. The number of rotatable bonds is 6. The van der Waals surface area contributed by atoms with Crippen molar-refractivity contribution in [2.24, 2.45) is 5.92 Å². The van der Waals surface area contributed by atoms with Crippen molar-refractivity contribution in [2.75, 3.05) is 7.11 Å².